The Balaban J connectivity index is 2.08. The van der Waals surface area contributed by atoms with Gasteiger partial charge in [-0.3, -0.25) is 0 Å². The lowest BCUT2D eigenvalue weighted by atomic mass is 10.2. The number of hydrogen-bond donors (Lipinski definition) is 0. The molecule has 0 saturated heterocycles. The van der Waals surface area contributed by atoms with Crippen molar-refractivity contribution in [3.8, 4) is 0 Å². The van der Waals surface area contributed by atoms with Gasteiger partial charge in [0.1, 0.15) is 6.26 Å². The Morgan fingerprint density at radius 1 is 1.41 bits per heavy atom. The topological polar surface area (TPSA) is 29.3 Å². The van der Waals surface area contributed by atoms with E-state index in [0.717, 1.165) is 16.3 Å². The predicted octanol–water partition coefficient (Wildman–Crippen LogP) is 3.70. The van der Waals surface area contributed by atoms with E-state index < -0.39 is 0 Å². The van der Waals surface area contributed by atoms with E-state index in [9.17, 15) is 0 Å². The maximum atomic E-state index is 5.93. The van der Waals surface area contributed by atoms with Gasteiger partial charge in [-0.05, 0) is 17.7 Å². The van der Waals surface area contributed by atoms with Crippen molar-refractivity contribution >= 4 is 29.2 Å². The number of benzene rings is 1. The van der Waals surface area contributed by atoms with E-state index in [1.54, 1.807) is 6.26 Å². The summed E-state index contributed by atoms with van der Waals surface area (Å²) in [5, 5.41) is 0.727. The Bertz CT molecular complexity index is 499. The van der Waals surface area contributed by atoms with Gasteiger partial charge in [0.2, 0.25) is 0 Å². The molecule has 1 heterocycles. The largest absolute Gasteiger partial charge is 0.432 e. The minimum absolute atomic E-state index is 0.356. The maximum Gasteiger partial charge on any atom is 0.297 e. The summed E-state index contributed by atoms with van der Waals surface area (Å²) in [5.41, 5.74) is 1.84. The lowest BCUT2D eigenvalue weighted by molar-refractivity contribution is 0.544. The molecular weight excluding hydrogens is 259 g/mol. The van der Waals surface area contributed by atoms with Crippen LogP contribution in [0.5, 0.6) is 0 Å². The summed E-state index contributed by atoms with van der Waals surface area (Å²) in [5.74, 6) is 0.356. The highest BCUT2D eigenvalue weighted by Crippen LogP contribution is 2.17. The summed E-state index contributed by atoms with van der Waals surface area (Å²) in [4.78, 5) is 6.15. The lowest BCUT2D eigenvalue weighted by Gasteiger charge is -2.14. The van der Waals surface area contributed by atoms with E-state index in [1.807, 2.05) is 36.2 Å². The molecule has 0 saturated carbocycles. The van der Waals surface area contributed by atoms with E-state index >= 15 is 0 Å². The summed E-state index contributed by atoms with van der Waals surface area (Å²) in [7, 11) is 1.91. The molecule has 17 heavy (non-hydrogen) atoms. The molecule has 0 N–H and O–H groups in total. The highest BCUT2D eigenvalue weighted by Gasteiger charge is 2.09. The molecule has 0 bridgehead atoms. The number of nitrogens with zero attached hydrogens (tertiary/aromatic N) is 2. The fourth-order valence-electron chi connectivity index (χ4n) is 1.51. The van der Waals surface area contributed by atoms with E-state index in [0.29, 0.717) is 18.4 Å². The molecule has 0 aliphatic heterocycles. The van der Waals surface area contributed by atoms with E-state index in [1.165, 1.54) is 0 Å². The molecule has 0 aliphatic rings. The third-order valence-corrected chi connectivity index (χ3v) is 2.82. The van der Waals surface area contributed by atoms with Gasteiger partial charge in [0.05, 0.1) is 11.6 Å². The van der Waals surface area contributed by atoms with Gasteiger partial charge in [0.25, 0.3) is 6.01 Å². The van der Waals surface area contributed by atoms with Crippen LogP contribution in [0.4, 0.5) is 6.01 Å². The number of alkyl halides is 1. The van der Waals surface area contributed by atoms with Gasteiger partial charge in [-0.25, -0.2) is 0 Å². The monoisotopic (exact) mass is 270 g/mol. The fourth-order valence-corrected chi connectivity index (χ4v) is 1.85. The number of aromatic nitrogens is 1. The smallest absolute Gasteiger partial charge is 0.297 e. The molecule has 1 aromatic heterocycles. The maximum absolute atomic E-state index is 5.93. The molecule has 0 spiro atoms. The molecule has 0 unspecified atom stereocenters. The number of anilines is 1. The van der Waals surface area contributed by atoms with Crippen molar-refractivity contribution in [3.05, 3.63) is 46.8 Å². The highest BCUT2D eigenvalue weighted by molar-refractivity contribution is 6.30. The van der Waals surface area contributed by atoms with Crippen LogP contribution in [-0.4, -0.2) is 12.0 Å². The van der Waals surface area contributed by atoms with Crippen molar-refractivity contribution in [1.82, 2.24) is 4.98 Å². The van der Waals surface area contributed by atoms with Gasteiger partial charge < -0.3 is 9.32 Å². The van der Waals surface area contributed by atoms with Gasteiger partial charge in [0.15, 0.2) is 0 Å². The Labute approximate surface area is 110 Å². The van der Waals surface area contributed by atoms with Crippen LogP contribution in [0.2, 0.25) is 5.02 Å². The quantitative estimate of drug-likeness (QED) is 0.794. The number of hydrogen-bond acceptors (Lipinski definition) is 3. The van der Waals surface area contributed by atoms with Crippen LogP contribution in [-0.2, 0) is 12.4 Å². The molecule has 0 radical (unpaired) electrons. The van der Waals surface area contributed by atoms with Gasteiger partial charge >= 0.3 is 0 Å². The van der Waals surface area contributed by atoms with Gasteiger partial charge in [0, 0.05) is 18.6 Å². The van der Waals surface area contributed by atoms with Crippen LogP contribution in [0.15, 0.2) is 34.9 Å². The summed E-state index contributed by atoms with van der Waals surface area (Å²) < 4.78 is 5.32. The Hall–Kier alpha value is -1.19. The molecule has 0 aliphatic carbocycles. The predicted molar refractivity (Wildman–Crippen MR) is 69.6 cm³/mol. The number of rotatable bonds is 4. The molecule has 3 nitrogen and oxygen atoms in total. The van der Waals surface area contributed by atoms with Gasteiger partial charge in [-0.15, -0.1) is 11.6 Å². The summed E-state index contributed by atoms with van der Waals surface area (Å²) >= 11 is 11.6. The molecule has 0 fully saturated rings. The summed E-state index contributed by atoms with van der Waals surface area (Å²) in [6.07, 6.45) is 1.57. The first kappa shape index (κ1) is 12.3. The molecule has 0 amide bonds. The zero-order valence-corrected chi connectivity index (χ0v) is 10.9. The van der Waals surface area contributed by atoms with Crippen molar-refractivity contribution in [2.75, 3.05) is 11.9 Å². The van der Waals surface area contributed by atoms with Gasteiger partial charge in [-0.2, -0.15) is 4.98 Å². The van der Waals surface area contributed by atoms with Crippen molar-refractivity contribution in [3.63, 3.8) is 0 Å². The number of halogens is 2. The molecule has 90 valence electrons. The number of oxazole rings is 1. The Kier molecular flexibility index (Phi) is 3.92. The molecule has 0 atom stereocenters. The Morgan fingerprint density at radius 3 is 2.88 bits per heavy atom. The fraction of sp³-hybridized carbons (Fsp3) is 0.250. The van der Waals surface area contributed by atoms with Crippen LogP contribution in [0.3, 0.4) is 0 Å². The molecule has 1 aromatic carbocycles. The molecule has 2 aromatic rings. The van der Waals surface area contributed by atoms with Crippen LogP contribution in [0.1, 0.15) is 11.3 Å². The third-order valence-electron chi connectivity index (χ3n) is 2.31. The normalized spacial score (nSPS) is 10.5. The minimum atomic E-state index is 0.356. The average molecular weight is 271 g/mol. The first-order valence-corrected chi connectivity index (χ1v) is 6.06. The van der Waals surface area contributed by atoms with Crippen molar-refractivity contribution in [2.45, 2.75) is 12.4 Å². The van der Waals surface area contributed by atoms with E-state index in [2.05, 4.69) is 4.98 Å². The van der Waals surface area contributed by atoms with Crippen molar-refractivity contribution in [1.29, 1.82) is 0 Å². The first-order valence-electron chi connectivity index (χ1n) is 5.15. The second kappa shape index (κ2) is 5.43. The standard InChI is InChI=1S/C12H12Cl2N2O/c1-16(12-15-11(6-13)8-17-12)7-9-3-2-4-10(14)5-9/h2-5,8H,6-7H2,1H3. The summed E-state index contributed by atoms with van der Waals surface area (Å²) in [6, 6.07) is 8.25. The van der Waals surface area contributed by atoms with Crippen molar-refractivity contribution in [2.24, 2.45) is 0 Å². The third kappa shape index (κ3) is 3.14. The summed E-state index contributed by atoms with van der Waals surface area (Å²) in [6.45, 7) is 0.683. The highest BCUT2D eigenvalue weighted by atomic mass is 35.5. The van der Waals surface area contributed by atoms with Crippen LogP contribution < -0.4 is 4.90 Å². The zero-order chi connectivity index (χ0) is 12.3. The first-order chi connectivity index (χ1) is 8.19. The van der Waals surface area contributed by atoms with E-state index in [4.69, 9.17) is 27.6 Å². The average Bonchev–Trinajstić information content (AvgIpc) is 2.77. The van der Waals surface area contributed by atoms with Crippen LogP contribution in [0.25, 0.3) is 0 Å². The lowest BCUT2D eigenvalue weighted by Crippen LogP contribution is -2.16. The van der Waals surface area contributed by atoms with E-state index in [-0.39, 0.29) is 0 Å². The van der Waals surface area contributed by atoms with Crippen molar-refractivity contribution < 1.29 is 4.42 Å². The van der Waals surface area contributed by atoms with Crippen LogP contribution in [0, 0.1) is 0 Å². The second-order valence-corrected chi connectivity index (χ2v) is 4.44. The Morgan fingerprint density at radius 2 is 2.24 bits per heavy atom. The molecule has 5 heteroatoms. The zero-order valence-electron chi connectivity index (χ0n) is 9.36. The molecule has 2 rings (SSSR count). The van der Waals surface area contributed by atoms with Crippen LogP contribution >= 0.6 is 23.2 Å². The van der Waals surface area contributed by atoms with Gasteiger partial charge in [-0.1, -0.05) is 23.7 Å². The minimum Gasteiger partial charge on any atom is -0.432 e. The SMILES string of the molecule is CN(Cc1cccc(Cl)c1)c1nc(CCl)co1. The second-order valence-electron chi connectivity index (χ2n) is 3.74. The molecular formula is C12H12Cl2N2O.